The maximum absolute atomic E-state index is 13.1. The molecule has 5 nitrogen and oxygen atoms in total. The fraction of sp³-hybridized carbons (Fsp3) is 0.194. The summed E-state index contributed by atoms with van der Waals surface area (Å²) in [6.45, 7) is 3.87. The molecular formula is C31H27NO4S. The molecule has 0 bridgehead atoms. The molecule has 5 rings (SSSR count). The minimum absolute atomic E-state index is 0.0103. The summed E-state index contributed by atoms with van der Waals surface area (Å²) < 4.78 is 5.25. The van der Waals surface area contributed by atoms with Crippen LogP contribution in [0.1, 0.15) is 47.7 Å². The molecule has 0 radical (unpaired) electrons. The molecule has 4 aromatic rings. The molecule has 186 valence electrons. The summed E-state index contributed by atoms with van der Waals surface area (Å²) in [5.41, 5.74) is 5.12. The molecule has 1 N–H and O–H groups in total. The molecule has 0 fully saturated rings. The van der Waals surface area contributed by atoms with Gasteiger partial charge < -0.3 is 10.1 Å². The van der Waals surface area contributed by atoms with Crippen LogP contribution in [0.3, 0.4) is 0 Å². The first-order valence-electron chi connectivity index (χ1n) is 12.3. The molecular weight excluding hydrogens is 482 g/mol. The van der Waals surface area contributed by atoms with Crippen LogP contribution >= 0.6 is 11.8 Å². The average Bonchev–Trinajstić information content (AvgIpc) is 2.93. The van der Waals surface area contributed by atoms with Gasteiger partial charge in [0.25, 0.3) is 5.91 Å². The number of fused-ring (bicyclic) bond motifs is 2. The third kappa shape index (κ3) is 4.89. The molecule has 1 amide bonds. The largest absolute Gasteiger partial charge is 0.455 e. The number of ether oxygens (including phenoxy) is 1. The number of carbonyl (C=O) groups excluding carboxylic acids is 3. The Balaban J connectivity index is 1.25. The Labute approximate surface area is 220 Å². The number of nitrogens with one attached hydrogen (secondary N) is 1. The maximum Gasteiger partial charge on any atom is 0.316 e. The van der Waals surface area contributed by atoms with E-state index in [1.807, 2.05) is 78.9 Å². The molecule has 1 aliphatic carbocycles. The van der Waals surface area contributed by atoms with Crippen LogP contribution < -0.4 is 5.32 Å². The Morgan fingerprint density at radius 2 is 1.59 bits per heavy atom. The highest BCUT2D eigenvalue weighted by Crippen LogP contribution is 2.42. The predicted molar refractivity (Wildman–Crippen MR) is 148 cm³/mol. The SMILES string of the molecule is CC[C@H](C)c1ccccc1NC(=O)COC(=O)CSc1ccc2c3c(cccc13)C(=O)c1ccccc1-2. The molecule has 0 saturated heterocycles. The summed E-state index contributed by atoms with van der Waals surface area (Å²) in [7, 11) is 0. The first-order valence-corrected chi connectivity index (χ1v) is 13.3. The van der Waals surface area contributed by atoms with Crippen molar-refractivity contribution in [2.75, 3.05) is 17.7 Å². The van der Waals surface area contributed by atoms with Gasteiger partial charge in [0.05, 0.1) is 5.75 Å². The van der Waals surface area contributed by atoms with Crippen LogP contribution in [0.25, 0.3) is 21.9 Å². The Bertz CT molecular complexity index is 1530. The Kier molecular flexibility index (Phi) is 7.10. The lowest BCUT2D eigenvalue weighted by Gasteiger charge is -2.21. The van der Waals surface area contributed by atoms with Crippen molar-refractivity contribution in [2.45, 2.75) is 31.1 Å². The van der Waals surface area contributed by atoms with Gasteiger partial charge in [0.1, 0.15) is 0 Å². The van der Waals surface area contributed by atoms with Gasteiger partial charge in [0.2, 0.25) is 0 Å². The highest BCUT2D eigenvalue weighted by Gasteiger charge is 2.25. The minimum atomic E-state index is -0.475. The van der Waals surface area contributed by atoms with Crippen molar-refractivity contribution in [3.8, 4) is 11.1 Å². The normalized spacial score (nSPS) is 12.6. The molecule has 0 spiro atoms. The van der Waals surface area contributed by atoms with Crippen LogP contribution in [-0.2, 0) is 14.3 Å². The topological polar surface area (TPSA) is 72.5 Å². The molecule has 0 heterocycles. The lowest BCUT2D eigenvalue weighted by molar-refractivity contribution is -0.144. The Morgan fingerprint density at radius 1 is 0.865 bits per heavy atom. The van der Waals surface area contributed by atoms with Gasteiger partial charge in [0, 0.05) is 27.1 Å². The monoisotopic (exact) mass is 509 g/mol. The molecule has 0 aliphatic heterocycles. The zero-order valence-electron chi connectivity index (χ0n) is 20.7. The Morgan fingerprint density at radius 3 is 2.41 bits per heavy atom. The second-order valence-corrected chi connectivity index (χ2v) is 10.1. The third-order valence-corrected chi connectivity index (χ3v) is 7.84. The molecule has 1 atom stereocenters. The zero-order valence-corrected chi connectivity index (χ0v) is 21.6. The summed E-state index contributed by atoms with van der Waals surface area (Å²) in [4.78, 5) is 38.9. The smallest absolute Gasteiger partial charge is 0.316 e. The number of esters is 1. The fourth-order valence-corrected chi connectivity index (χ4v) is 5.60. The van der Waals surface area contributed by atoms with Crippen LogP contribution in [0, 0.1) is 0 Å². The van der Waals surface area contributed by atoms with Crippen molar-refractivity contribution in [1.82, 2.24) is 0 Å². The predicted octanol–water partition coefficient (Wildman–Crippen LogP) is 6.84. The van der Waals surface area contributed by atoms with Gasteiger partial charge >= 0.3 is 5.97 Å². The van der Waals surface area contributed by atoms with E-state index in [0.29, 0.717) is 17.0 Å². The molecule has 0 unspecified atom stereocenters. The molecule has 6 heteroatoms. The van der Waals surface area contributed by atoms with Gasteiger partial charge in [0.15, 0.2) is 12.4 Å². The van der Waals surface area contributed by atoms with Crippen LogP contribution in [0.4, 0.5) is 5.69 Å². The quantitative estimate of drug-likeness (QED) is 0.183. The van der Waals surface area contributed by atoms with Crippen molar-refractivity contribution in [3.63, 3.8) is 0 Å². The van der Waals surface area contributed by atoms with Crippen molar-refractivity contribution in [2.24, 2.45) is 0 Å². The number of carbonyl (C=O) groups is 3. The number of thioether (sulfide) groups is 1. The summed E-state index contributed by atoms with van der Waals surface area (Å²) in [6.07, 6.45) is 0.955. The lowest BCUT2D eigenvalue weighted by atomic mass is 9.83. The molecule has 4 aromatic carbocycles. The number of benzene rings is 4. The van der Waals surface area contributed by atoms with Crippen LogP contribution in [-0.4, -0.2) is 30.0 Å². The van der Waals surface area contributed by atoms with E-state index in [1.54, 1.807) is 0 Å². The van der Waals surface area contributed by atoms with E-state index >= 15 is 0 Å². The van der Waals surface area contributed by atoms with Crippen molar-refractivity contribution >= 4 is 45.9 Å². The molecule has 0 saturated carbocycles. The molecule has 0 aromatic heterocycles. The first-order chi connectivity index (χ1) is 18.0. The second kappa shape index (κ2) is 10.6. The van der Waals surface area contributed by atoms with E-state index in [0.717, 1.165) is 44.5 Å². The van der Waals surface area contributed by atoms with Gasteiger partial charge in [-0.25, -0.2) is 0 Å². The van der Waals surface area contributed by atoms with E-state index < -0.39 is 5.97 Å². The van der Waals surface area contributed by atoms with Gasteiger partial charge in [-0.15, -0.1) is 11.8 Å². The number of amides is 1. The Hall–Kier alpha value is -3.90. The van der Waals surface area contributed by atoms with Crippen LogP contribution in [0.15, 0.2) is 83.8 Å². The number of anilines is 1. The van der Waals surface area contributed by atoms with Crippen molar-refractivity contribution in [1.29, 1.82) is 0 Å². The van der Waals surface area contributed by atoms with E-state index in [4.69, 9.17) is 4.74 Å². The van der Waals surface area contributed by atoms with Crippen molar-refractivity contribution in [3.05, 3.63) is 95.6 Å². The van der Waals surface area contributed by atoms with Gasteiger partial charge in [-0.3, -0.25) is 14.4 Å². The number of para-hydroxylation sites is 1. The maximum atomic E-state index is 13.1. The van der Waals surface area contributed by atoms with Gasteiger partial charge in [-0.05, 0) is 46.5 Å². The van der Waals surface area contributed by atoms with Crippen molar-refractivity contribution < 1.29 is 19.1 Å². The van der Waals surface area contributed by atoms with Crippen LogP contribution in [0.5, 0.6) is 0 Å². The second-order valence-electron chi connectivity index (χ2n) is 9.11. The highest BCUT2D eigenvalue weighted by molar-refractivity contribution is 8.00. The highest BCUT2D eigenvalue weighted by atomic mass is 32.2. The summed E-state index contributed by atoms with van der Waals surface area (Å²) in [5, 5.41) is 4.69. The average molecular weight is 510 g/mol. The van der Waals surface area contributed by atoms with E-state index in [1.165, 1.54) is 11.8 Å². The molecule has 37 heavy (non-hydrogen) atoms. The summed E-state index contributed by atoms with van der Waals surface area (Å²) >= 11 is 1.34. The van der Waals surface area contributed by atoms with Gasteiger partial charge in [-0.2, -0.15) is 0 Å². The number of hydrogen-bond acceptors (Lipinski definition) is 5. The van der Waals surface area contributed by atoms with Crippen LogP contribution in [0.2, 0.25) is 0 Å². The standard InChI is InChI=1S/C31H27NO4S/c1-3-19(2)20-9-6-7-14-26(20)32-28(33)17-36-29(34)18-37-27-16-15-22-21-10-4-5-11-23(21)31(35)25-13-8-12-24(27)30(22)25/h4-16,19H,3,17-18H2,1-2H3,(H,32,33)/t19-/m0/s1. The number of hydrogen-bond donors (Lipinski definition) is 1. The number of ketones is 1. The zero-order chi connectivity index (χ0) is 25.9. The summed E-state index contributed by atoms with van der Waals surface area (Å²) in [5.74, 6) is -0.470. The van der Waals surface area contributed by atoms with Gasteiger partial charge in [-0.1, -0.05) is 80.6 Å². The lowest BCUT2D eigenvalue weighted by Crippen LogP contribution is -2.22. The minimum Gasteiger partial charge on any atom is -0.455 e. The van der Waals surface area contributed by atoms with E-state index in [9.17, 15) is 14.4 Å². The first kappa shape index (κ1) is 24.8. The summed E-state index contributed by atoms with van der Waals surface area (Å²) in [6, 6.07) is 25.0. The number of rotatable bonds is 8. The molecule has 1 aliphatic rings. The van der Waals surface area contributed by atoms with E-state index in [-0.39, 0.29) is 24.1 Å². The fourth-order valence-electron chi connectivity index (χ4n) is 4.75. The third-order valence-electron chi connectivity index (χ3n) is 6.80. The van der Waals surface area contributed by atoms with E-state index in [2.05, 4.69) is 19.2 Å².